The first kappa shape index (κ1) is 32.4. The minimum absolute atomic E-state index is 0.00246. The van der Waals surface area contributed by atoms with Gasteiger partial charge in [0.2, 0.25) is 15.9 Å². The SMILES string of the molecule is CC(C)Oc1cc(C(F)(F)[C@H](NS(=O)(=O)c2ccc3cc(OC4CCCC4)ccc3c2)C(=O)N2CCC(N)CC2)ccc1Cl. The lowest BCUT2D eigenvalue weighted by Gasteiger charge is -2.35. The van der Waals surface area contributed by atoms with Crippen molar-refractivity contribution in [2.75, 3.05) is 13.1 Å². The fraction of sp³-hybridized carbons (Fsp3) is 0.469. The van der Waals surface area contributed by atoms with Crippen LogP contribution >= 0.6 is 11.6 Å². The van der Waals surface area contributed by atoms with Gasteiger partial charge in [-0.3, -0.25) is 4.79 Å². The fourth-order valence-electron chi connectivity index (χ4n) is 5.67. The number of fused-ring (bicyclic) bond motifs is 1. The van der Waals surface area contributed by atoms with E-state index in [4.69, 9.17) is 26.8 Å². The number of sulfonamides is 1. The van der Waals surface area contributed by atoms with Gasteiger partial charge < -0.3 is 20.1 Å². The lowest BCUT2D eigenvalue weighted by Crippen LogP contribution is -2.58. The summed E-state index contributed by atoms with van der Waals surface area (Å²) in [5.41, 5.74) is 5.35. The molecular formula is C32H38ClF2N3O5S. The Morgan fingerprint density at radius 1 is 1.00 bits per heavy atom. The van der Waals surface area contributed by atoms with E-state index in [0.29, 0.717) is 24.0 Å². The van der Waals surface area contributed by atoms with E-state index in [9.17, 15) is 13.2 Å². The summed E-state index contributed by atoms with van der Waals surface area (Å²) in [4.78, 5) is 14.7. The van der Waals surface area contributed by atoms with Gasteiger partial charge in [0.1, 0.15) is 11.5 Å². The second-order valence-electron chi connectivity index (χ2n) is 11.8. The molecule has 1 saturated heterocycles. The maximum absolute atomic E-state index is 16.4. The summed E-state index contributed by atoms with van der Waals surface area (Å²) in [6, 6.07) is 10.4. The number of hydrogen-bond donors (Lipinski definition) is 2. The molecule has 0 bridgehead atoms. The molecule has 1 aliphatic carbocycles. The molecule has 5 rings (SSSR count). The van der Waals surface area contributed by atoms with E-state index in [2.05, 4.69) is 4.72 Å². The van der Waals surface area contributed by atoms with Crippen LogP contribution in [0.25, 0.3) is 10.8 Å². The van der Waals surface area contributed by atoms with Crippen molar-refractivity contribution in [3.63, 3.8) is 0 Å². The molecule has 44 heavy (non-hydrogen) atoms. The van der Waals surface area contributed by atoms with Gasteiger partial charge in [0.15, 0.2) is 6.04 Å². The smallest absolute Gasteiger partial charge is 0.298 e. The molecule has 1 atom stereocenters. The van der Waals surface area contributed by atoms with Crippen LogP contribution in [0, 0.1) is 0 Å². The van der Waals surface area contributed by atoms with E-state index in [0.717, 1.165) is 43.2 Å². The standard InChI is InChI=1S/C32H38ClF2N3O5S/c1-20(2)42-29-19-23(9-12-28(29)33)32(34,35)30(31(39)38-15-13-24(36)14-16-38)37-44(40,41)27-11-8-21-17-26(10-7-22(21)18-27)43-25-5-3-4-6-25/h7-12,17-20,24-25,30,37H,3-6,13-16,36H2,1-2H3/t30-/m1/s1. The molecule has 0 unspecified atom stereocenters. The molecule has 2 fully saturated rings. The molecule has 1 heterocycles. The van der Waals surface area contributed by atoms with E-state index in [1.54, 1.807) is 32.0 Å². The Labute approximate surface area is 261 Å². The molecule has 1 aliphatic heterocycles. The number of likely N-dealkylation sites (tertiary alicyclic amines) is 1. The van der Waals surface area contributed by atoms with Gasteiger partial charge in [-0.15, -0.1) is 0 Å². The fourth-order valence-corrected chi connectivity index (χ4v) is 7.05. The highest BCUT2D eigenvalue weighted by molar-refractivity contribution is 7.89. The summed E-state index contributed by atoms with van der Waals surface area (Å²) in [5.74, 6) is -4.32. The number of piperidine rings is 1. The van der Waals surface area contributed by atoms with Crippen molar-refractivity contribution >= 4 is 38.3 Å². The molecule has 1 amide bonds. The second-order valence-corrected chi connectivity index (χ2v) is 14.0. The number of nitrogens with one attached hydrogen (secondary N) is 1. The van der Waals surface area contributed by atoms with E-state index in [-0.39, 0.29) is 47.0 Å². The van der Waals surface area contributed by atoms with Crippen LogP contribution < -0.4 is 19.9 Å². The number of carbonyl (C=O) groups is 1. The average Bonchev–Trinajstić information content (AvgIpc) is 3.49. The highest BCUT2D eigenvalue weighted by Crippen LogP contribution is 2.38. The Bertz CT molecular complexity index is 1610. The van der Waals surface area contributed by atoms with Gasteiger partial charge in [-0.25, -0.2) is 8.42 Å². The number of benzene rings is 3. The van der Waals surface area contributed by atoms with Crippen LogP contribution in [0.5, 0.6) is 11.5 Å². The summed E-state index contributed by atoms with van der Waals surface area (Å²) < 4.78 is 73.7. The van der Waals surface area contributed by atoms with Gasteiger partial charge in [-0.05, 0) is 99.5 Å². The number of amides is 1. The highest BCUT2D eigenvalue weighted by atomic mass is 35.5. The zero-order valence-electron chi connectivity index (χ0n) is 24.8. The Balaban J connectivity index is 1.46. The lowest BCUT2D eigenvalue weighted by molar-refractivity contribution is -0.145. The van der Waals surface area contributed by atoms with Crippen LogP contribution in [0.3, 0.4) is 0 Å². The van der Waals surface area contributed by atoms with Crippen molar-refractivity contribution in [1.29, 1.82) is 0 Å². The van der Waals surface area contributed by atoms with Crippen molar-refractivity contribution in [3.8, 4) is 11.5 Å². The molecule has 1 saturated carbocycles. The van der Waals surface area contributed by atoms with Gasteiger partial charge in [-0.2, -0.15) is 13.5 Å². The Kier molecular flexibility index (Phi) is 9.69. The minimum Gasteiger partial charge on any atom is -0.490 e. The van der Waals surface area contributed by atoms with E-state index >= 15 is 8.78 Å². The third kappa shape index (κ3) is 7.28. The molecule has 12 heteroatoms. The van der Waals surface area contributed by atoms with Gasteiger partial charge in [0.25, 0.3) is 5.92 Å². The van der Waals surface area contributed by atoms with Crippen LogP contribution in [0.2, 0.25) is 5.02 Å². The summed E-state index contributed by atoms with van der Waals surface area (Å²) in [7, 11) is -4.59. The number of rotatable bonds is 10. The molecule has 3 N–H and O–H groups in total. The van der Waals surface area contributed by atoms with E-state index in [1.807, 2.05) is 6.07 Å². The molecule has 3 aromatic carbocycles. The number of ether oxygens (including phenoxy) is 2. The number of nitrogens with zero attached hydrogens (tertiary/aromatic N) is 1. The first-order chi connectivity index (χ1) is 20.8. The maximum atomic E-state index is 16.4. The van der Waals surface area contributed by atoms with Crippen LogP contribution in [-0.4, -0.2) is 56.6 Å². The van der Waals surface area contributed by atoms with Crippen LogP contribution in [0.1, 0.15) is 57.9 Å². The third-order valence-corrected chi connectivity index (χ3v) is 9.84. The molecule has 2 aliphatic rings. The van der Waals surface area contributed by atoms with Crippen LogP contribution in [0.15, 0.2) is 59.5 Å². The monoisotopic (exact) mass is 649 g/mol. The molecular weight excluding hydrogens is 612 g/mol. The molecule has 3 aromatic rings. The maximum Gasteiger partial charge on any atom is 0.298 e. The lowest BCUT2D eigenvalue weighted by atomic mass is 9.98. The number of carbonyl (C=O) groups excluding carboxylic acids is 1. The van der Waals surface area contributed by atoms with E-state index < -0.39 is 33.5 Å². The Hall–Kier alpha value is -2.99. The Morgan fingerprint density at radius 3 is 2.34 bits per heavy atom. The number of hydrogen-bond acceptors (Lipinski definition) is 6. The second kappa shape index (κ2) is 13.2. The zero-order valence-corrected chi connectivity index (χ0v) is 26.3. The van der Waals surface area contributed by atoms with Crippen molar-refractivity contribution < 1.29 is 31.5 Å². The third-order valence-electron chi connectivity index (χ3n) is 8.11. The molecule has 0 spiro atoms. The van der Waals surface area contributed by atoms with Gasteiger partial charge in [0.05, 0.1) is 22.1 Å². The number of alkyl halides is 2. The Morgan fingerprint density at radius 2 is 1.66 bits per heavy atom. The zero-order chi connectivity index (χ0) is 31.6. The summed E-state index contributed by atoms with van der Waals surface area (Å²) in [5, 5.41) is 1.43. The van der Waals surface area contributed by atoms with Gasteiger partial charge in [-0.1, -0.05) is 29.8 Å². The largest absolute Gasteiger partial charge is 0.490 e. The predicted molar refractivity (Wildman–Crippen MR) is 166 cm³/mol. The summed E-state index contributed by atoms with van der Waals surface area (Å²) in [6.07, 6.45) is 4.90. The molecule has 0 aromatic heterocycles. The first-order valence-electron chi connectivity index (χ1n) is 14.9. The van der Waals surface area contributed by atoms with E-state index in [1.165, 1.54) is 23.1 Å². The molecule has 238 valence electrons. The summed E-state index contributed by atoms with van der Waals surface area (Å²) in [6.45, 7) is 3.71. The van der Waals surface area contributed by atoms with Gasteiger partial charge in [0, 0.05) is 24.7 Å². The van der Waals surface area contributed by atoms with Crippen molar-refractivity contribution in [2.24, 2.45) is 5.73 Å². The quantitative estimate of drug-likeness (QED) is 0.279. The number of halogens is 3. The number of nitrogens with two attached hydrogens (primary N) is 1. The van der Waals surface area contributed by atoms with Gasteiger partial charge >= 0.3 is 0 Å². The molecule has 0 radical (unpaired) electrons. The van der Waals surface area contributed by atoms with Crippen molar-refractivity contribution in [1.82, 2.24) is 9.62 Å². The van der Waals surface area contributed by atoms with Crippen molar-refractivity contribution in [2.45, 2.75) is 87.5 Å². The topological polar surface area (TPSA) is 111 Å². The normalized spacial score (nSPS) is 17.8. The average molecular weight is 650 g/mol. The first-order valence-corrected chi connectivity index (χ1v) is 16.8. The summed E-state index contributed by atoms with van der Waals surface area (Å²) >= 11 is 6.18. The van der Waals surface area contributed by atoms with Crippen molar-refractivity contribution in [3.05, 3.63) is 65.2 Å². The molecule has 8 nitrogen and oxygen atoms in total. The highest BCUT2D eigenvalue weighted by Gasteiger charge is 2.50. The minimum atomic E-state index is -4.59. The predicted octanol–water partition coefficient (Wildman–Crippen LogP) is 5.99. The van der Waals surface area contributed by atoms with Crippen LogP contribution in [0.4, 0.5) is 8.78 Å². The van der Waals surface area contributed by atoms with Crippen LogP contribution in [-0.2, 0) is 20.7 Å².